The molecule has 3 rings (SSSR count). The molecule has 1 heterocycles. The molecule has 1 saturated heterocycles. The lowest BCUT2D eigenvalue weighted by Crippen LogP contribution is -2.34. The molecule has 2 aromatic carbocycles. The maximum atomic E-state index is 13.1. The van der Waals surface area contributed by atoms with E-state index in [1.54, 1.807) is 4.31 Å². The Labute approximate surface area is 182 Å². The fourth-order valence-corrected chi connectivity index (χ4v) is 5.64. The summed E-state index contributed by atoms with van der Waals surface area (Å²) >= 11 is 0. The van der Waals surface area contributed by atoms with Gasteiger partial charge in [0.15, 0.2) is 0 Å². The summed E-state index contributed by atoms with van der Waals surface area (Å²) in [5.74, 6) is 0.306. The minimum absolute atomic E-state index is 0.0400. The van der Waals surface area contributed by atoms with E-state index < -0.39 is 10.0 Å². The van der Waals surface area contributed by atoms with Crippen molar-refractivity contribution in [3.05, 3.63) is 65.7 Å². The SMILES string of the molecule is CC(C)CN(Cc1ccc(N2CCC(N(C)C)C2)cc1)S(=O)(=O)Cc1ccccc1. The Morgan fingerprint density at radius 3 is 2.23 bits per heavy atom. The first-order valence-corrected chi connectivity index (χ1v) is 12.4. The van der Waals surface area contributed by atoms with E-state index >= 15 is 0 Å². The van der Waals surface area contributed by atoms with E-state index in [0.29, 0.717) is 19.1 Å². The van der Waals surface area contributed by atoms with Crippen LogP contribution in [0.4, 0.5) is 5.69 Å². The lowest BCUT2D eigenvalue weighted by molar-refractivity contribution is 0.315. The van der Waals surface area contributed by atoms with Crippen molar-refractivity contribution in [1.82, 2.24) is 9.21 Å². The molecule has 1 fully saturated rings. The maximum Gasteiger partial charge on any atom is 0.218 e. The van der Waals surface area contributed by atoms with Gasteiger partial charge >= 0.3 is 0 Å². The third-order valence-electron chi connectivity index (χ3n) is 5.71. The summed E-state index contributed by atoms with van der Waals surface area (Å²) in [5.41, 5.74) is 3.07. The summed E-state index contributed by atoms with van der Waals surface area (Å²) in [6.07, 6.45) is 1.18. The van der Waals surface area contributed by atoms with Crippen LogP contribution in [0.5, 0.6) is 0 Å². The maximum absolute atomic E-state index is 13.1. The molecule has 0 aliphatic carbocycles. The van der Waals surface area contributed by atoms with Crippen LogP contribution in [0.1, 0.15) is 31.4 Å². The summed E-state index contributed by atoms with van der Waals surface area (Å²) in [4.78, 5) is 4.70. The predicted molar refractivity (Wildman–Crippen MR) is 125 cm³/mol. The Morgan fingerprint density at radius 1 is 1.00 bits per heavy atom. The summed E-state index contributed by atoms with van der Waals surface area (Å²) in [5, 5.41) is 0. The van der Waals surface area contributed by atoms with Crippen LogP contribution in [0.3, 0.4) is 0 Å². The number of hydrogen-bond acceptors (Lipinski definition) is 4. The highest BCUT2D eigenvalue weighted by Gasteiger charge is 2.25. The fourth-order valence-electron chi connectivity index (χ4n) is 3.97. The zero-order valence-corrected chi connectivity index (χ0v) is 19.5. The summed E-state index contributed by atoms with van der Waals surface area (Å²) in [6, 6.07) is 18.4. The molecule has 5 nitrogen and oxygen atoms in total. The minimum Gasteiger partial charge on any atom is -0.370 e. The zero-order valence-electron chi connectivity index (χ0n) is 18.7. The fraction of sp³-hybridized carbons (Fsp3) is 0.500. The first kappa shape index (κ1) is 22.8. The van der Waals surface area contributed by atoms with Crippen LogP contribution in [0.2, 0.25) is 0 Å². The number of hydrogen-bond donors (Lipinski definition) is 0. The predicted octanol–water partition coefficient (Wildman–Crippen LogP) is 3.81. The van der Waals surface area contributed by atoms with Crippen molar-refractivity contribution in [2.24, 2.45) is 5.92 Å². The third-order valence-corrected chi connectivity index (χ3v) is 7.47. The molecule has 30 heavy (non-hydrogen) atoms. The molecule has 0 radical (unpaired) electrons. The number of rotatable bonds is 9. The molecule has 164 valence electrons. The molecule has 1 atom stereocenters. The second-order valence-corrected chi connectivity index (χ2v) is 10.9. The van der Waals surface area contributed by atoms with Crippen LogP contribution >= 0.6 is 0 Å². The van der Waals surface area contributed by atoms with Gasteiger partial charge in [-0.05, 0) is 49.7 Å². The second-order valence-electron chi connectivity index (χ2n) is 8.95. The monoisotopic (exact) mass is 429 g/mol. The number of benzene rings is 2. The van der Waals surface area contributed by atoms with E-state index in [4.69, 9.17) is 0 Å². The number of likely N-dealkylation sites (N-methyl/N-ethyl adjacent to an activating group) is 1. The van der Waals surface area contributed by atoms with Gasteiger partial charge in [-0.25, -0.2) is 8.42 Å². The summed E-state index contributed by atoms with van der Waals surface area (Å²) in [7, 11) is 0.877. The molecule has 0 spiro atoms. The van der Waals surface area contributed by atoms with Gasteiger partial charge in [-0.1, -0.05) is 56.3 Å². The van der Waals surface area contributed by atoms with Gasteiger partial charge in [-0.15, -0.1) is 0 Å². The van der Waals surface area contributed by atoms with Crippen molar-refractivity contribution in [2.45, 2.75) is 38.6 Å². The molecule has 0 N–H and O–H groups in total. The average Bonchev–Trinajstić information content (AvgIpc) is 3.19. The van der Waals surface area contributed by atoms with Gasteiger partial charge in [0, 0.05) is 37.9 Å². The van der Waals surface area contributed by atoms with Crippen LogP contribution < -0.4 is 4.90 Å². The summed E-state index contributed by atoms with van der Waals surface area (Å²) < 4.78 is 27.9. The molecular weight excluding hydrogens is 394 g/mol. The van der Waals surface area contributed by atoms with Crippen molar-refractivity contribution in [2.75, 3.05) is 38.6 Å². The van der Waals surface area contributed by atoms with Crippen LogP contribution in [0.15, 0.2) is 54.6 Å². The number of anilines is 1. The van der Waals surface area contributed by atoms with E-state index in [9.17, 15) is 8.42 Å². The molecule has 6 heteroatoms. The topological polar surface area (TPSA) is 43.9 Å². The molecular formula is C24H35N3O2S. The molecule has 2 aromatic rings. The number of sulfonamides is 1. The second kappa shape index (κ2) is 9.94. The van der Waals surface area contributed by atoms with Gasteiger partial charge in [0.05, 0.1) is 5.75 Å². The molecule has 0 aromatic heterocycles. The smallest absolute Gasteiger partial charge is 0.218 e. The molecule has 0 saturated carbocycles. The lowest BCUT2D eigenvalue weighted by atomic mass is 10.1. The Hall–Kier alpha value is -1.89. The van der Waals surface area contributed by atoms with Gasteiger partial charge in [-0.3, -0.25) is 0 Å². The van der Waals surface area contributed by atoms with Gasteiger partial charge in [0.25, 0.3) is 0 Å². The van der Waals surface area contributed by atoms with Gasteiger partial charge < -0.3 is 9.80 Å². The van der Waals surface area contributed by atoms with Crippen molar-refractivity contribution in [1.29, 1.82) is 0 Å². The van der Waals surface area contributed by atoms with E-state index in [-0.39, 0.29) is 11.7 Å². The zero-order chi connectivity index (χ0) is 21.7. The van der Waals surface area contributed by atoms with Gasteiger partial charge in [0.2, 0.25) is 10.0 Å². The van der Waals surface area contributed by atoms with E-state index in [0.717, 1.165) is 24.2 Å². The van der Waals surface area contributed by atoms with E-state index in [1.165, 1.54) is 12.1 Å². The molecule has 1 aliphatic rings. The van der Waals surface area contributed by atoms with E-state index in [1.807, 2.05) is 30.3 Å². The number of nitrogens with zero attached hydrogens (tertiary/aromatic N) is 3. The quantitative estimate of drug-likeness (QED) is 0.608. The first-order valence-electron chi connectivity index (χ1n) is 10.8. The summed E-state index contributed by atoms with van der Waals surface area (Å²) in [6.45, 7) is 7.15. The molecule has 0 amide bonds. The Bertz CT molecular complexity index is 896. The molecule has 1 unspecified atom stereocenters. The van der Waals surface area contributed by atoms with Crippen LogP contribution in [-0.2, 0) is 22.3 Å². The van der Waals surface area contributed by atoms with Gasteiger partial charge in [0.1, 0.15) is 0 Å². The Balaban J connectivity index is 1.70. The third kappa shape index (κ3) is 6.06. The molecule has 0 bridgehead atoms. The van der Waals surface area contributed by atoms with Crippen molar-refractivity contribution in [3.8, 4) is 0 Å². The van der Waals surface area contributed by atoms with Crippen molar-refractivity contribution >= 4 is 15.7 Å². The highest BCUT2D eigenvalue weighted by Crippen LogP contribution is 2.24. The standard InChI is InChI=1S/C24H35N3O2S/c1-20(2)16-27(30(28,29)19-22-8-6-5-7-9-22)17-21-10-12-23(13-11-21)26-15-14-24(18-26)25(3)4/h5-13,20,24H,14-19H2,1-4H3. The Morgan fingerprint density at radius 2 is 1.67 bits per heavy atom. The normalized spacial score (nSPS) is 17.4. The lowest BCUT2D eigenvalue weighted by Gasteiger charge is -2.25. The van der Waals surface area contributed by atoms with Crippen LogP contribution in [0.25, 0.3) is 0 Å². The minimum atomic E-state index is -3.39. The highest BCUT2D eigenvalue weighted by molar-refractivity contribution is 7.88. The highest BCUT2D eigenvalue weighted by atomic mass is 32.2. The van der Waals surface area contributed by atoms with Gasteiger partial charge in [-0.2, -0.15) is 4.31 Å². The Kier molecular flexibility index (Phi) is 7.55. The molecule has 1 aliphatic heterocycles. The van der Waals surface area contributed by atoms with Crippen LogP contribution in [0, 0.1) is 5.92 Å². The van der Waals surface area contributed by atoms with Crippen molar-refractivity contribution < 1.29 is 8.42 Å². The van der Waals surface area contributed by atoms with E-state index in [2.05, 4.69) is 62.0 Å². The first-order chi connectivity index (χ1) is 14.2. The average molecular weight is 430 g/mol. The van der Waals surface area contributed by atoms with Crippen molar-refractivity contribution in [3.63, 3.8) is 0 Å². The van der Waals surface area contributed by atoms with Crippen LogP contribution in [-0.4, -0.2) is 57.4 Å². The largest absolute Gasteiger partial charge is 0.370 e.